The van der Waals surface area contributed by atoms with Crippen LogP contribution in [0.1, 0.15) is 26.7 Å². The molecule has 1 rings (SSSR count). The van der Waals surface area contributed by atoms with Crippen molar-refractivity contribution in [3.05, 3.63) is 0 Å². The van der Waals surface area contributed by atoms with Crippen molar-refractivity contribution in [1.29, 1.82) is 0 Å². The number of rotatable bonds is 5. The first-order valence-corrected chi connectivity index (χ1v) is 6.79. The molecule has 0 aromatic rings. The molecule has 16 heavy (non-hydrogen) atoms. The number of ether oxygens (including phenoxy) is 2. The quantitative estimate of drug-likeness (QED) is 0.468. The summed E-state index contributed by atoms with van der Waals surface area (Å²) in [6.45, 7) is 5.67. The van der Waals surface area contributed by atoms with Gasteiger partial charge in [0.25, 0.3) is 0 Å². The van der Waals surface area contributed by atoms with Crippen molar-refractivity contribution in [3.8, 4) is 0 Å². The molecule has 0 bridgehead atoms. The van der Waals surface area contributed by atoms with Crippen LogP contribution in [0.4, 0.5) is 0 Å². The fraction of sp³-hybridized carbons (Fsp3) is 0.909. The molecule has 0 aromatic heterocycles. The van der Waals surface area contributed by atoms with E-state index in [0.29, 0.717) is 6.54 Å². The van der Waals surface area contributed by atoms with Crippen LogP contribution in [0, 0.1) is 0 Å². The zero-order chi connectivity index (χ0) is 12.2. The lowest BCUT2D eigenvalue weighted by molar-refractivity contribution is -0.139. The first-order chi connectivity index (χ1) is 7.44. The second-order valence-corrected chi connectivity index (χ2v) is 6.19. The number of hydrogen-bond donors (Lipinski definition) is 1. The van der Waals surface area contributed by atoms with Gasteiger partial charge in [0.15, 0.2) is 0 Å². The van der Waals surface area contributed by atoms with Crippen molar-refractivity contribution in [2.24, 2.45) is 0 Å². The SMILES string of the molecule is COC(=O)C(I)CNCC1CCC(C)(C)O1. The third-order valence-electron chi connectivity index (χ3n) is 2.71. The summed E-state index contributed by atoms with van der Waals surface area (Å²) in [5.74, 6) is -0.180. The van der Waals surface area contributed by atoms with Gasteiger partial charge in [0, 0.05) is 13.1 Å². The molecule has 0 radical (unpaired) electrons. The van der Waals surface area contributed by atoms with Crippen molar-refractivity contribution in [2.45, 2.75) is 42.3 Å². The Morgan fingerprint density at radius 2 is 2.38 bits per heavy atom. The van der Waals surface area contributed by atoms with Crippen LogP contribution >= 0.6 is 22.6 Å². The number of carbonyl (C=O) groups excluding carboxylic acids is 1. The second-order valence-electron chi connectivity index (χ2n) is 4.69. The van der Waals surface area contributed by atoms with Crippen molar-refractivity contribution >= 4 is 28.6 Å². The third-order valence-corrected chi connectivity index (χ3v) is 3.66. The van der Waals surface area contributed by atoms with Crippen molar-refractivity contribution < 1.29 is 14.3 Å². The summed E-state index contributed by atoms with van der Waals surface area (Å²) in [6, 6.07) is 0. The minimum absolute atomic E-state index is 0.0123. The summed E-state index contributed by atoms with van der Waals surface area (Å²) in [7, 11) is 1.41. The van der Waals surface area contributed by atoms with Crippen LogP contribution in [0.15, 0.2) is 0 Å². The molecular formula is C11H20INO3. The number of alkyl halides is 1. The smallest absolute Gasteiger partial charge is 0.319 e. The molecule has 0 aliphatic carbocycles. The summed E-state index contributed by atoms with van der Waals surface area (Å²) in [5.41, 5.74) is 0.0123. The lowest BCUT2D eigenvalue weighted by atomic mass is 10.1. The van der Waals surface area contributed by atoms with E-state index in [1.165, 1.54) is 7.11 Å². The van der Waals surface area contributed by atoms with Gasteiger partial charge in [-0.3, -0.25) is 4.79 Å². The molecule has 0 aromatic carbocycles. The van der Waals surface area contributed by atoms with Crippen LogP contribution in [-0.4, -0.2) is 41.8 Å². The Balaban J connectivity index is 2.15. The predicted octanol–water partition coefficient (Wildman–Crippen LogP) is 1.51. The molecule has 1 aliphatic heterocycles. The second kappa shape index (κ2) is 6.16. The Labute approximate surface area is 111 Å². The molecule has 1 fully saturated rings. The summed E-state index contributed by atoms with van der Waals surface area (Å²) in [5, 5.41) is 3.25. The number of esters is 1. The van der Waals surface area contributed by atoms with E-state index < -0.39 is 0 Å². The minimum Gasteiger partial charge on any atom is -0.468 e. The first-order valence-electron chi connectivity index (χ1n) is 5.55. The number of methoxy groups -OCH3 is 1. The van der Waals surface area contributed by atoms with Crippen LogP contribution in [-0.2, 0) is 14.3 Å². The zero-order valence-electron chi connectivity index (χ0n) is 10.1. The van der Waals surface area contributed by atoms with Gasteiger partial charge in [-0.1, -0.05) is 22.6 Å². The Morgan fingerprint density at radius 1 is 1.69 bits per heavy atom. The monoisotopic (exact) mass is 341 g/mol. The van der Waals surface area contributed by atoms with E-state index in [4.69, 9.17) is 4.74 Å². The molecule has 5 heteroatoms. The van der Waals surface area contributed by atoms with E-state index in [1.54, 1.807) is 0 Å². The van der Waals surface area contributed by atoms with Crippen LogP contribution in [0.5, 0.6) is 0 Å². The van der Waals surface area contributed by atoms with E-state index in [0.717, 1.165) is 19.4 Å². The van der Waals surface area contributed by atoms with Crippen LogP contribution in [0.3, 0.4) is 0 Å². The van der Waals surface area contributed by atoms with Gasteiger partial charge in [0.1, 0.15) is 3.92 Å². The minimum atomic E-state index is -0.180. The van der Waals surface area contributed by atoms with Gasteiger partial charge in [-0.15, -0.1) is 0 Å². The molecule has 1 aliphatic rings. The van der Waals surface area contributed by atoms with Gasteiger partial charge in [-0.2, -0.15) is 0 Å². The fourth-order valence-electron chi connectivity index (χ4n) is 1.80. The standard InChI is InChI=1S/C11H20INO3/c1-11(2)5-4-8(16-11)6-13-7-9(12)10(14)15-3/h8-9,13H,4-7H2,1-3H3. The Morgan fingerprint density at radius 3 is 2.88 bits per heavy atom. The normalized spacial score (nSPS) is 25.4. The van der Waals surface area contributed by atoms with Gasteiger partial charge in [-0.25, -0.2) is 0 Å². The maximum atomic E-state index is 11.1. The van der Waals surface area contributed by atoms with Gasteiger partial charge < -0.3 is 14.8 Å². The molecule has 94 valence electrons. The molecule has 4 nitrogen and oxygen atoms in total. The maximum absolute atomic E-state index is 11.1. The highest BCUT2D eigenvalue weighted by molar-refractivity contribution is 14.1. The zero-order valence-corrected chi connectivity index (χ0v) is 12.2. The van der Waals surface area contributed by atoms with Crippen molar-refractivity contribution in [1.82, 2.24) is 5.32 Å². The third kappa shape index (κ3) is 4.55. The van der Waals surface area contributed by atoms with Crippen molar-refractivity contribution in [3.63, 3.8) is 0 Å². The highest BCUT2D eigenvalue weighted by Crippen LogP contribution is 2.28. The molecule has 1 N–H and O–H groups in total. The highest BCUT2D eigenvalue weighted by Gasteiger charge is 2.31. The molecule has 0 saturated carbocycles. The maximum Gasteiger partial charge on any atom is 0.319 e. The number of carbonyl (C=O) groups is 1. The fourth-order valence-corrected chi connectivity index (χ4v) is 2.37. The topological polar surface area (TPSA) is 47.6 Å². The Kier molecular flexibility index (Phi) is 5.46. The Bertz CT molecular complexity index is 245. The first kappa shape index (κ1) is 14.2. The van der Waals surface area contributed by atoms with Gasteiger partial charge in [0.2, 0.25) is 0 Å². The lowest BCUT2D eigenvalue weighted by Gasteiger charge is -2.19. The van der Waals surface area contributed by atoms with Crippen LogP contribution in [0.25, 0.3) is 0 Å². The molecule has 2 atom stereocenters. The Hall–Kier alpha value is 0.120. The van der Waals surface area contributed by atoms with E-state index in [2.05, 4.69) is 46.5 Å². The average molecular weight is 341 g/mol. The summed E-state index contributed by atoms with van der Waals surface area (Å²) in [4.78, 5) is 11.1. The number of halogens is 1. The molecule has 0 spiro atoms. The van der Waals surface area contributed by atoms with Crippen molar-refractivity contribution in [2.75, 3.05) is 20.2 Å². The van der Waals surface area contributed by atoms with E-state index in [1.807, 2.05) is 0 Å². The molecule has 1 heterocycles. The number of nitrogens with one attached hydrogen (secondary N) is 1. The predicted molar refractivity (Wildman–Crippen MR) is 70.9 cm³/mol. The summed E-state index contributed by atoms with van der Waals surface area (Å²) < 4.78 is 10.4. The summed E-state index contributed by atoms with van der Waals surface area (Å²) in [6.07, 6.45) is 2.46. The largest absolute Gasteiger partial charge is 0.468 e. The lowest BCUT2D eigenvalue weighted by Crippen LogP contribution is -2.35. The molecular weight excluding hydrogens is 321 g/mol. The molecule has 0 amide bonds. The highest BCUT2D eigenvalue weighted by atomic mass is 127. The van der Waals surface area contributed by atoms with Gasteiger partial charge >= 0.3 is 5.97 Å². The molecule has 2 unspecified atom stereocenters. The molecule has 1 saturated heterocycles. The van der Waals surface area contributed by atoms with E-state index >= 15 is 0 Å². The van der Waals surface area contributed by atoms with Gasteiger partial charge in [0.05, 0.1) is 18.8 Å². The summed E-state index contributed by atoms with van der Waals surface area (Å²) >= 11 is 2.08. The number of hydrogen-bond acceptors (Lipinski definition) is 4. The van der Waals surface area contributed by atoms with Crippen LogP contribution in [0.2, 0.25) is 0 Å². The van der Waals surface area contributed by atoms with E-state index in [-0.39, 0.29) is 21.6 Å². The average Bonchev–Trinajstić information content (AvgIpc) is 2.57. The van der Waals surface area contributed by atoms with E-state index in [9.17, 15) is 4.79 Å². The van der Waals surface area contributed by atoms with Gasteiger partial charge in [-0.05, 0) is 26.7 Å². The van der Waals surface area contributed by atoms with Crippen LogP contribution < -0.4 is 5.32 Å².